The first-order valence-corrected chi connectivity index (χ1v) is 14.9. The first-order valence-electron chi connectivity index (χ1n) is 14.9. The Morgan fingerprint density at radius 1 is 1.00 bits per heavy atom. The predicted molar refractivity (Wildman–Crippen MR) is 162 cm³/mol. The van der Waals surface area contributed by atoms with Crippen molar-refractivity contribution >= 4 is 23.5 Å². The van der Waals surface area contributed by atoms with Crippen molar-refractivity contribution in [1.29, 1.82) is 0 Å². The van der Waals surface area contributed by atoms with E-state index in [-0.39, 0.29) is 30.2 Å². The summed E-state index contributed by atoms with van der Waals surface area (Å²) in [5, 5.41) is 12.4. The van der Waals surface area contributed by atoms with Crippen LogP contribution in [0.1, 0.15) is 67.9 Å². The van der Waals surface area contributed by atoms with Crippen LogP contribution in [0.25, 0.3) is 0 Å². The molecular weight excluding hydrogens is 562 g/mol. The molecule has 0 radical (unpaired) electrons. The first kappa shape index (κ1) is 32.5. The van der Waals surface area contributed by atoms with Gasteiger partial charge in [-0.05, 0) is 69.2 Å². The minimum absolute atomic E-state index is 0.0446. The maximum Gasteiger partial charge on any atom is 0.274 e. The number of carbonyl (C=O) groups excluding carboxylic acids is 4. The number of pyridine rings is 1. The van der Waals surface area contributed by atoms with Gasteiger partial charge >= 0.3 is 0 Å². The summed E-state index contributed by atoms with van der Waals surface area (Å²) in [6.07, 6.45) is 4.49. The molecule has 1 aliphatic heterocycles. The Morgan fingerprint density at radius 3 is 2.27 bits per heavy atom. The Labute approximate surface area is 257 Å². The number of ether oxygens (including phenoxy) is 1. The van der Waals surface area contributed by atoms with Crippen LogP contribution in [0.2, 0.25) is 0 Å². The summed E-state index contributed by atoms with van der Waals surface area (Å²) >= 11 is 0. The van der Waals surface area contributed by atoms with Gasteiger partial charge in [-0.2, -0.15) is 0 Å². The van der Waals surface area contributed by atoms with E-state index in [2.05, 4.69) is 26.1 Å². The van der Waals surface area contributed by atoms with Gasteiger partial charge in [0.25, 0.3) is 5.91 Å². The molecule has 4 rings (SSSR count). The van der Waals surface area contributed by atoms with Gasteiger partial charge in [-0.1, -0.05) is 49.3 Å². The van der Waals surface area contributed by atoms with E-state index in [9.17, 15) is 19.2 Å². The number of hydrogen-bond acceptors (Lipinski definition) is 8. The zero-order chi connectivity index (χ0) is 31.9. The summed E-state index contributed by atoms with van der Waals surface area (Å²) < 4.78 is 10.4. The normalized spacial score (nSPS) is 18.5. The van der Waals surface area contributed by atoms with Crippen molar-refractivity contribution in [3.8, 4) is 0 Å². The molecule has 0 unspecified atom stereocenters. The molecule has 11 nitrogen and oxygen atoms in total. The molecule has 3 amide bonds. The lowest BCUT2D eigenvalue weighted by molar-refractivity contribution is -0.136. The van der Waals surface area contributed by atoms with Crippen molar-refractivity contribution in [3.05, 3.63) is 83.5 Å². The highest BCUT2D eigenvalue weighted by Crippen LogP contribution is 2.30. The second-order valence-corrected chi connectivity index (χ2v) is 12.3. The quantitative estimate of drug-likeness (QED) is 0.224. The summed E-state index contributed by atoms with van der Waals surface area (Å²) in [7, 11) is 0. The molecule has 3 heterocycles. The number of benzene rings is 1. The van der Waals surface area contributed by atoms with Crippen molar-refractivity contribution in [2.24, 2.45) is 5.92 Å². The number of aromatic nitrogens is 2. The van der Waals surface area contributed by atoms with Crippen LogP contribution in [0.4, 0.5) is 0 Å². The number of nitrogens with one attached hydrogen (secondary N) is 3. The van der Waals surface area contributed by atoms with E-state index in [1.165, 1.54) is 6.07 Å². The number of amides is 3. The van der Waals surface area contributed by atoms with Crippen molar-refractivity contribution in [1.82, 2.24) is 26.1 Å². The summed E-state index contributed by atoms with van der Waals surface area (Å²) in [4.78, 5) is 58.4. The Balaban J connectivity index is 1.59. The van der Waals surface area contributed by atoms with Crippen LogP contribution in [0.15, 0.2) is 65.4 Å². The molecule has 1 fully saturated rings. The SMILES string of the molecule is Cc1cc(C(=O)N[C@@H](CCc2ccccc2)C(=O)N[C@](C)(Cc2ccncc2)C(=O)N[C@@H](CC(C)C)C(=O)[C@@]2(C)CO2)no1. The molecule has 0 saturated carbocycles. The average Bonchev–Trinajstić information content (AvgIpc) is 3.59. The van der Waals surface area contributed by atoms with Crippen LogP contribution in [-0.2, 0) is 32.0 Å². The summed E-state index contributed by atoms with van der Waals surface area (Å²) in [5.41, 5.74) is -0.628. The summed E-state index contributed by atoms with van der Waals surface area (Å²) in [6, 6.07) is 12.8. The average molecular weight is 604 g/mol. The maximum atomic E-state index is 14.1. The van der Waals surface area contributed by atoms with Crippen molar-refractivity contribution in [3.63, 3.8) is 0 Å². The number of Topliss-reactive ketones (excluding diaryl/α,β-unsaturated/α-hetero) is 1. The monoisotopic (exact) mass is 603 g/mol. The van der Waals surface area contributed by atoms with E-state index in [1.54, 1.807) is 45.3 Å². The molecule has 0 bridgehead atoms. The molecule has 44 heavy (non-hydrogen) atoms. The van der Waals surface area contributed by atoms with Gasteiger partial charge in [0, 0.05) is 24.9 Å². The Bertz CT molecular complexity index is 1450. The number of epoxide rings is 1. The van der Waals surface area contributed by atoms with Crippen LogP contribution in [-0.4, -0.2) is 63.5 Å². The standard InChI is InChI=1S/C33H41N5O6/c1-21(2)17-26(28(39)33(5)20-43-33)36-31(42)32(4,19-24-13-15-34-16-14-24)37-30(41)25(12-11-23-9-7-6-8-10-23)35-29(40)27-18-22(3)44-38-27/h6-10,13-16,18,21,25-26H,11-12,17,19-20H2,1-5H3,(H,35,40)(H,36,42)(H,37,41)/t25-,26-,32+,33+/m0/s1. The van der Waals surface area contributed by atoms with Crippen LogP contribution in [0, 0.1) is 12.8 Å². The van der Waals surface area contributed by atoms with Crippen LogP contribution < -0.4 is 16.0 Å². The fourth-order valence-corrected chi connectivity index (χ4v) is 5.02. The molecule has 3 aromatic rings. The highest BCUT2D eigenvalue weighted by atomic mass is 16.6. The van der Waals surface area contributed by atoms with Gasteiger partial charge in [0.15, 0.2) is 11.5 Å². The Hall–Kier alpha value is -4.38. The molecule has 2 aromatic heterocycles. The smallest absolute Gasteiger partial charge is 0.274 e. The fourth-order valence-electron chi connectivity index (χ4n) is 5.02. The zero-order valence-electron chi connectivity index (χ0n) is 25.9. The van der Waals surface area contributed by atoms with E-state index in [1.807, 2.05) is 44.2 Å². The number of rotatable bonds is 15. The van der Waals surface area contributed by atoms with Gasteiger partial charge in [-0.25, -0.2) is 0 Å². The lowest BCUT2D eigenvalue weighted by atomic mass is 9.88. The van der Waals surface area contributed by atoms with E-state index >= 15 is 0 Å². The molecule has 4 atom stereocenters. The summed E-state index contributed by atoms with van der Waals surface area (Å²) in [6.45, 7) is 9.23. The van der Waals surface area contributed by atoms with Crippen molar-refractivity contribution in [2.45, 2.75) is 83.5 Å². The number of aryl methyl sites for hydroxylation is 2. The lowest BCUT2D eigenvalue weighted by Gasteiger charge is -2.34. The number of ketones is 1. The number of hydrogen-bond donors (Lipinski definition) is 3. The molecule has 1 aromatic carbocycles. The predicted octanol–water partition coefficient (Wildman–Crippen LogP) is 3.12. The minimum atomic E-state index is -1.49. The zero-order valence-corrected chi connectivity index (χ0v) is 25.9. The van der Waals surface area contributed by atoms with E-state index in [0.29, 0.717) is 25.2 Å². The van der Waals surface area contributed by atoms with Crippen molar-refractivity contribution in [2.75, 3.05) is 6.61 Å². The van der Waals surface area contributed by atoms with Crippen molar-refractivity contribution < 1.29 is 28.4 Å². The molecule has 1 aliphatic rings. The molecule has 11 heteroatoms. The largest absolute Gasteiger partial charge is 0.361 e. The minimum Gasteiger partial charge on any atom is -0.361 e. The van der Waals surface area contributed by atoms with E-state index in [4.69, 9.17) is 9.26 Å². The first-order chi connectivity index (χ1) is 20.9. The third-order valence-corrected chi connectivity index (χ3v) is 7.68. The number of carbonyl (C=O) groups is 4. The van der Waals surface area contributed by atoms with Crippen LogP contribution >= 0.6 is 0 Å². The van der Waals surface area contributed by atoms with Gasteiger partial charge in [-0.15, -0.1) is 0 Å². The second-order valence-electron chi connectivity index (χ2n) is 12.3. The van der Waals surface area contributed by atoms with Crippen LogP contribution in [0.5, 0.6) is 0 Å². The highest BCUT2D eigenvalue weighted by Gasteiger charge is 2.51. The Kier molecular flexibility index (Phi) is 10.3. The van der Waals surface area contributed by atoms with Gasteiger partial charge in [0.05, 0.1) is 12.6 Å². The third kappa shape index (κ3) is 8.59. The molecule has 3 N–H and O–H groups in total. The molecular formula is C33H41N5O6. The topological polar surface area (TPSA) is 156 Å². The fraction of sp³-hybridized carbons (Fsp3) is 0.455. The van der Waals surface area contributed by atoms with Gasteiger partial charge in [0.2, 0.25) is 11.8 Å². The second kappa shape index (κ2) is 13.9. The molecule has 0 spiro atoms. The molecule has 0 aliphatic carbocycles. The van der Waals surface area contributed by atoms with Gasteiger partial charge in [0.1, 0.15) is 22.9 Å². The van der Waals surface area contributed by atoms with Gasteiger partial charge < -0.3 is 25.2 Å². The molecule has 234 valence electrons. The van der Waals surface area contributed by atoms with Crippen LogP contribution in [0.3, 0.4) is 0 Å². The number of nitrogens with zero attached hydrogens (tertiary/aromatic N) is 2. The van der Waals surface area contributed by atoms with E-state index < -0.39 is 40.9 Å². The van der Waals surface area contributed by atoms with Gasteiger partial charge in [-0.3, -0.25) is 24.2 Å². The Morgan fingerprint density at radius 2 is 1.68 bits per heavy atom. The van der Waals surface area contributed by atoms with E-state index in [0.717, 1.165) is 11.1 Å². The lowest BCUT2D eigenvalue weighted by Crippen LogP contribution is -2.64. The third-order valence-electron chi connectivity index (χ3n) is 7.68. The summed E-state index contributed by atoms with van der Waals surface area (Å²) in [5.74, 6) is -1.27. The maximum absolute atomic E-state index is 14.1. The highest BCUT2D eigenvalue weighted by molar-refractivity contribution is 6.00. The molecule has 1 saturated heterocycles.